The summed E-state index contributed by atoms with van der Waals surface area (Å²) < 4.78 is 5.60. The van der Waals surface area contributed by atoms with Crippen molar-refractivity contribution < 1.29 is 9.84 Å². The third-order valence-electron chi connectivity index (χ3n) is 2.91. The number of aromatic nitrogens is 1. The summed E-state index contributed by atoms with van der Waals surface area (Å²) in [6.45, 7) is 0.755. The average molecular weight is 207 g/mol. The van der Waals surface area contributed by atoms with Crippen molar-refractivity contribution in [3.8, 4) is 11.5 Å². The van der Waals surface area contributed by atoms with Crippen LogP contribution in [0.1, 0.15) is 32.1 Å². The molecule has 1 saturated carbocycles. The summed E-state index contributed by atoms with van der Waals surface area (Å²) in [6, 6.07) is 1.61. The molecule has 0 aromatic carbocycles. The molecule has 15 heavy (non-hydrogen) atoms. The highest BCUT2D eigenvalue weighted by Gasteiger charge is 2.13. The SMILES string of the molecule is Oc1cncc(OCC2CCCCC2)c1. The van der Waals surface area contributed by atoms with E-state index in [1.807, 2.05) is 0 Å². The van der Waals surface area contributed by atoms with Gasteiger partial charge < -0.3 is 9.84 Å². The molecule has 1 N–H and O–H groups in total. The maximum absolute atomic E-state index is 9.21. The van der Waals surface area contributed by atoms with Crippen molar-refractivity contribution in [3.05, 3.63) is 18.5 Å². The largest absolute Gasteiger partial charge is 0.506 e. The highest BCUT2D eigenvalue weighted by Crippen LogP contribution is 2.25. The van der Waals surface area contributed by atoms with E-state index in [1.165, 1.54) is 38.3 Å². The molecule has 1 aromatic heterocycles. The van der Waals surface area contributed by atoms with Crippen molar-refractivity contribution in [1.29, 1.82) is 0 Å². The highest BCUT2D eigenvalue weighted by molar-refractivity contribution is 5.26. The first-order valence-electron chi connectivity index (χ1n) is 5.61. The second-order valence-electron chi connectivity index (χ2n) is 4.19. The molecule has 0 aliphatic heterocycles. The van der Waals surface area contributed by atoms with Gasteiger partial charge in [0.25, 0.3) is 0 Å². The van der Waals surface area contributed by atoms with Crippen LogP contribution >= 0.6 is 0 Å². The van der Waals surface area contributed by atoms with E-state index < -0.39 is 0 Å². The summed E-state index contributed by atoms with van der Waals surface area (Å²) in [4.78, 5) is 3.87. The second-order valence-corrected chi connectivity index (χ2v) is 4.19. The Hall–Kier alpha value is -1.25. The molecule has 3 nitrogen and oxygen atoms in total. The molecule has 0 amide bonds. The van der Waals surface area contributed by atoms with Crippen molar-refractivity contribution >= 4 is 0 Å². The maximum Gasteiger partial charge on any atom is 0.141 e. The molecule has 0 radical (unpaired) electrons. The molecule has 2 rings (SSSR count). The van der Waals surface area contributed by atoms with E-state index in [9.17, 15) is 5.11 Å². The van der Waals surface area contributed by atoms with Crippen LogP contribution in [-0.2, 0) is 0 Å². The number of ether oxygens (including phenoxy) is 1. The Morgan fingerprint density at radius 2 is 2.07 bits per heavy atom. The van der Waals surface area contributed by atoms with Gasteiger partial charge in [-0.25, -0.2) is 0 Å². The molecule has 1 fully saturated rings. The number of hydrogen-bond donors (Lipinski definition) is 1. The Kier molecular flexibility index (Phi) is 3.43. The second kappa shape index (κ2) is 5.01. The molecule has 3 heteroatoms. The van der Waals surface area contributed by atoms with E-state index in [2.05, 4.69) is 4.98 Å². The van der Waals surface area contributed by atoms with Crippen LogP contribution < -0.4 is 4.74 Å². The number of pyridine rings is 1. The predicted octanol–water partition coefficient (Wildman–Crippen LogP) is 2.75. The number of aromatic hydroxyl groups is 1. The van der Waals surface area contributed by atoms with Crippen molar-refractivity contribution in [3.63, 3.8) is 0 Å². The lowest BCUT2D eigenvalue weighted by Gasteiger charge is -2.21. The zero-order chi connectivity index (χ0) is 10.5. The first kappa shape index (κ1) is 10.3. The Bertz CT molecular complexity index is 308. The third kappa shape index (κ3) is 3.11. The predicted molar refractivity (Wildman–Crippen MR) is 58.0 cm³/mol. The lowest BCUT2D eigenvalue weighted by molar-refractivity contribution is 0.207. The number of nitrogens with zero attached hydrogens (tertiary/aromatic N) is 1. The van der Waals surface area contributed by atoms with Gasteiger partial charge in [-0.3, -0.25) is 4.98 Å². The summed E-state index contributed by atoms with van der Waals surface area (Å²) in [7, 11) is 0. The van der Waals surface area contributed by atoms with Crippen LogP contribution in [-0.4, -0.2) is 16.7 Å². The maximum atomic E-state index is 9.21. The minimum atomic E-state index is 0.163. The fraction of sp³-hybridized carbons (Fsp3) is 0.583. The molecule has 1 heterocycles. The van der Waals surface area contributed by atoms with E-state index in [0.717, 1.165) is 6.61 Å². The van der Waals surface area contributed by atoms with Gasteiger partial charge in [0.05, 0.1) is 19.0 Å². The lowest BCUT2D eigenvalue weighted by atomic mass is 9.90. The monoisotopic (exact) mass is 207 g/mol. The van der Waals surface area contributed by atoms with E-state index in [1.54, 1.807) is 12.3 Å². The summed E-state index contributed by atoms with van der Waals surface area (Å²) in [5.41, 5.74) is 0. The summed E-state index contributed by atoms with van der Waals surface area (Å²) in [5.74, 6) is 1.51. The van der Waals surface area contributed by atoms with Gasteiger partial charge in [-0.05, 0) is 18.8 Å². The quantitative estimate of drug-likeness (QED) is 0.828. The Balaban J connectivity index is 1.81. The van der Waals surface area contributed by atoms with Crippen LogP contribution in [0, 0.1) is 5.92 Å². The zero-order valence-corrected chi connectivity index (χ0v) is 8.85. The van der Waals surface area contributed by atoms with Crippen LogP contribution in [0.5, 0.6) is 11.5 Å². The van der Waals surface area contributed by atoms with Gasteiger partial charge in [-0.1, -0.05) is 19.3 Å². The van der Waals surface area contributed by atoms with Gasteiger partial charge in [0.1, 0.15) is 11.5 Å². The molecule has 1 aromatic rings. The fourth-order valence-corrected chi connectivity index (χ4v) is 2.05. The van der Waals surface area contributed by atoms with Crippen LogP contribution in [0.15, 0.2) is 18.5 Å². The van der Waals surface area contributed by atoms with E-state index in [4.69, 9.17) is 4.74 Å². The minimum Gasteiger partial charge on any atom is -0.506 e. The first-order chi connectivity index (χ1) is 7.34. The van der Waals surface area contributed by atoms with Gasteiger partial charge in [0.2, 0.25) is 0 Å². The Morgan fingerprint density at radius 1 is 1.27 bits per heavy atom. The molecule has 0 saturated heterocycles. The van der Waals surface area contributed by atoms with Crippen LogP contribution in [0.4, 0.5) is 0 Å². The smallest absolute Gasteiger partial charge is 0.141 e. The molecule has 1 aliphatic carbocycles. The molecule has 0 unspecified atom stereocenters. The van der Waals surface area contributed by atoms with Crippen LogP contribution in [0.2, 0.25) is 0 Å². The van der Waals surface area contributed by atoms with Gasteiger partial charge >= 0.3 is 0 Å². The van der Waals surface area contributed by atoms with E-state index in [-0.39, 0.29) is 5.75 Å². The first-order valence-corrected chi connectivity index (χ1v) is 5.61. The van der Waals surface area contributed by atoms with Crippen molar-refractivity contribution in [1.82, 2.24) is 4.98 Å². The Morgan fingerprint density at radius 3 is 2.80 bits per heavy atom. The normalized spacial score (nSPS) is 17.6. The van der Waals surface area contributed by atoms with E-state index >= 15 is 0 Å². The lowest BCUT2D eigenvalue weighted by Crippen LogP contribution is -2.15. The van der Waals surface area contributed by atoms with Crippen LogP contribution in [0.3, 0.4) is 0 Å². The molecule has 0 bridgehead atoms. The third-order valence-corrected chi connectivity index (χ3v) is 2.91. The standard InChI is InChI=1S/C12H17NO2/c14-11-6-12(8-13-7-11)15-9-10-4-2-1-3-5-10/h6-8,10,14H,1-5,9H2. The summed E-state index contributed by atoms with van der Waals surface area (Å²) >= 11 is 0. The molecule has 1 aliphatic rings. The summed E-state index contributed by atoms with van der Waals surface area (Å²) in [6.07, 6.45) is 9.61. The van der Waals surface area contributed by atoms with E-state index in [0.29, 0.717) is 11.7 Å². The molecule has 0 atom stereocenters. The molecule has 82 valence electrons. The number of rotatable bonds is 3. The molecular weight excluding hydrogens is 190 g/mol. The van der Waals surface area contributed by atoms with Gasteiger partial charge in [-0.2, -0.15) is 0 Å². The van der Waals surface area contributed by atoms with Crippen LogP contribution in [0.25, 0.3) is 0 Å². The Labute approximate surface area is 90.1 Å². The fourth-order valence-electron chi connectivity index (χ4n) is 2.05. The topological polar surface area (TPSA) is 42.4 Å². The van der Waals surface area contributed by atoms with Gasteiger partial charge in [-0.15, -0.1) is 0 Å². The van der Waals surface area contributed by atoms with Crippen molar-refractivity contribution in [2.45, 2.75) is 32.1 Å². The molecule has 0 spiro atoms. The van der Waals surface area contributed by atoms with Crippen molar-refractivity contribution in [2.24, 2.45) is 5.92 Å². The molecular formula is C12H17NO2. The minimum absolute atomic E-state index is 0.163. The van der Waals surface area contributed by atoms with Gasteiger partial charge in [0.15, 0.2) is 0 Å². The summed E-state index contributed by atoms with van der Waals surface area (Å²) in [5, 5.41) is 9.21. The number of hydrogen-bond acceptors (Lipinski definition) is 3. The zero-order valence-electron chi connectivity index (χ0n) is 8.85. The van der Waals surface area contributed by atoms with Crippen molar-refractivity contribution in [2.75, 3.05) is 6.61 Å². The average Bonchev–Trinajstić information content (AvgIpc) is 2.28. The highest BCUT2D eigenvalue weighted by atomic mass is 16.5. The van der Waals surface area contributed by atoms with Gasteiger partial charge in [0, 0.05) is 6.07 Å².